The van der Waals surface area contributed by atoms with Gasteiger partial charge in [0, 0.05) is 22.0 Å². The maximum atomic E-state index is 12.0. The molecule has 1 amide bonds. The number of hydrogen-bond acceptors (Lipinski definition) is 5. The quantitative estimate of drug-likeness (QED) is 0.655. The molecule has 0 atom stereocenters. The lowest BCUT2D eigenvalue weighted by Crippen LogP contribution is -2.29. The average molecular weight is 317 g/mol. The fourth-order valence-electron chi connectivity index (χ4n) is 1.83. The topological polar surface area (TPSA) is 56.1 Å². The van der Waals surface area contributed by atoms with Crippen molar-refractivity contribution in [2.75, 3.05) is 18.9 Å². The molecule has 0 saturated carbocycles. The van der Waals surface area contributed by atoms with Gasteiger partial charge in [0.05, 0.1) is 6.54 Å². The zero-order valence-electron chi connectivity index (χ0n) is 11.6. The van der Waals surface area contributed by atoms with Crippen molar-refractivity contribution in [3.05, 3.63) is 46.7 Å². The van der Waals surface area contributed by atoms with E-state index in [1.807, 2.05) is 40.9 Å². The van der Waals surface area contributed by atoms with Gasteiger partial charge < -0.3 is 5.32 Å². The highest BCUT2D eigenvalue weighted by atomic mass is 32.2. The summed E-state index contributed by atoms with van der Waals surface area (Å²) in [4.78, 5) is 16.0. The van der Waals surface area contributed by atoms with Crippen molar-refractivity contribution in [1.82, 2.24) is 4.90 Å². The fourth-order valence-corrected chi connectivity index (χ4v) is 2.99. The summed E-state index contributed by atoms with van der Waals surface area (Å²) in [6, 6.07) is 11.3. The first kappa shape index (κ1) is 15.6. The second kappa shape index (κ2) is 7.84. The van der Waals surface area contributed by atoms with Crippen LogP contribution in [0.1, 0.15) is 4.88 Å². The Kier molecular flexibility index (Phi) is 5.81. The van der Waals surface area contributed by atoms with E-state index in [1.54, 1.807) is 23.5 Å². The van der Waals surface area contributed by atoms with Gasteiger partial charge in [-0.3, -0.25) is 9.69 Å². The molecule has 0 fully saturated rings. The van der Waals surface area contributed by atoms with Gasteiger partial charge in [-0.1, -0.05) is 6.07 Å². The number of amides is 1. The monoisotopic (exact) mass is 317 g/mol. The number of nitriles is 1. The van der Waals surface area contributed by atoms with Crippen LogP contribution < -0.4 is 5.32 Å². The molecule has 2 aromatic rings. The summed E-state index contributed by atoms with van der Waals surface area (Å²) < 4.78 is 0. The summed E-state index contributed by atoms with van der Waals surface area (Å²) >= 11 is 2.79. The summed E-state index contributed by atoms with van der Waals surface area (Å²) in [5.41, 5.74) is 0.742. The van der Waals surface area contributed by atoms with Crippen LogP contribution in [0.3, 0.4) is 0 Å². The molecule has 21 heavy (non-hydrogen) atoms. The SMILES string of the molecule is CN(CC(=O)Nc1ccc(SC#N)cc1)Cc1cccs1. The number of carbonyl (C=O) groups excluding carboxylic acids is 1. The van der Waals surface area contributed by atoms with Crippen LogP contribution in [-0.4, -0.2) is 24.4 Å². The highest BCUT2D eigenvalue weighted by Crippen LogP contribution is 2.19. The summed E-state index contributed by atoms with van der Waals surface area (Å²) in [6.45, 7) is 1.11. The van der Waals surface area contributed by atoms with Crippen molar-refractivity contribution in [1.29, 1.82) is 5.26 Å². The third kappa shape index (κ3) is 5.23. The van der Waals surface area contributed by atoms with Crippen LogP contribution in [0, 0.1) is 10.7 Å². The molecule has 0 bridgehead atoms. The molecule has 0 unspecified atom stereocenters. The lowest BCUT2D eigenvalue weighted by atomic mass is 10.3. The third-order valence-electron chi connectivity index (χ3n) is 2.72. The van der Waals surface area contributed by atoms with Gasteiger partial charge in [-0.05, 0) is 54.5 Å². The van der Waals surface area contributed by atoms with Crippen LogP contribution in [0.2, 0.25) is 0 Å². The molecule has 4 nitrogen and oxygen atoms in total. The molecule has 0 saturated heterocycles. The van der Waals surface area contributed by atoms with E-state index in [0.717, 1.165) is 28.9 Å². The molecule has 1 N–H and O–H groups in total. The molecule has 0 aliphatic heterocycles. The number of likely N-dealkylation sites (N-methyl/N-ethyl adjacent to an activating group) is 1. The fraction of sp³-hybridized carbons (Fsp3) is 0.200. The van der Waals surface area contributed by atoms with Gasteiger partial charge in [0.1, 0.15) is 5.40 Å². The van der Waals surface area contributed by atoms with Crippen LogP contribution in [0.4, 0.5) is 5.69 Å². The minimum Gasteiger partial charge on any atom is -0.325 e. The highest BCUT2D eigenvalue weighted by molar-refractivity contribution is 8.03. The Morgan fingerprint density at radius 2 is 2.14 bits per heavy atom. The molecule has 0 radical (unpaired) electrons. The van der Waals surface area contributed by atoms with Gasteiger partial charge in [0.25, 0.3) is 0 Å². The Morgan fingerprint density at radius 1 is 1.38 bits per heavy atom. The van der Waals surface area contributed by atoms with Gasteiger partial charge in [0.15, 0.2) is 0 Å². The lowest BCUT2D eigenvalue weighted by Gasteiger charge is -2.15. The number of hydrogen-bond donors (Lipinski definition) is 1. The Hall–Kier alpha value is -1.81. The highest BCUT2D eigenvalue weighted by Gasteiger charge is 2.08. The number of benzene rings is 1. The maximum absolute atomic E-state index is 12.0. The zero-order valence-corrected chi connectivity index (χ0v) is 13.2. The normalized spacial score (nSPS) is 10.3. The van der Waals surface area contributed by atoms with Crippen molar-refractivity contribution in [2.45, 2.75) is 11.4 Å². The summed E-state index contributed by atoms with van der Waals surface area (Å²) in [6.07, 6.45) is 0. The molecular formula is C15H15N3OS2. The van der Waals surface area contributed by atoms with Crippen LogP contribution >= 0.6 is 23.1 Å². The van der Waals surface area contributed by atoms with E-state index in [2.05, 4.69) is 11.4 Å². The van der Waals surface area contributed by atoms with Crippen molar-refractivity contribution in [2.24, 2.45) is 0 Å². The number of rotatable bonds is 6. The standard InChI is InChI=1S/C15H15N3OS2/c1-18(9-14-3-2-8-20-14)10-15(19)17-12-4-6-13(7-5-12)21-11-16/h2-8H,9-10H2,1H3,(H,17,19). The Bertz CT molecular complexity index is 617. The average Bonchev–Trinajstić information content (AvgIpc) is 2.93. The van der Waals surface area contributed by atoms with E-state index >= 15 is 0 Å². The van der Waals surface area contributed by atoms with E-state index in [4.69, 9.17) is 5.26 Å². The van der Waals surface area contributed by atoms with E-state index in [0.29, 0.717) is 6.54 Å². The lowest BCUT2D eigenvalue weighted by molar-refractivity contribution is -0.117. The van der Waals surface area contributed by atoms with E-state index in [1.165, 1.54) is 4.88 Å². The van der Waals surface area contributed by atoms with Gasteiger partial charge in [0.2, 0.25) is 5.91 Å². The Morgan fingerprint density at radius 3 is 2.76 bits per heavy atom. The van der Waals surface area contributed by atoms with Crippen molar-refractivity contribution in [3.8, 4) is 5.40 Å². The number of carbonyl (C=O) groups is 1. The van der Waals surface area contributed by atoms with Crippen LogP contribution in [-0.2, 0) is 11.3 Å². The van der Waals surface area contributed by atoms with Crippen LogP contribution in [0.15, 0.2) is 46.7 Å². The van der Waals surface area contributed by atoms with Crippen molar-refractivity contribution < 1.29 is 4.79 Å². The molecule has 6 heteroatoms. The largest absolute Gasteiger partial charge is 0.325 e. The summed E-state index contributed by atoms with van der Waals surface area (Å²) in [5, 5.41) is 15.5. The molecular weight excluding hydrogens is 302 g/mol. The first-order valence-electron chi connectivity index (χ1n) is 6.34. The van der Waals surface area contributed by atoms with Crippen molar-refractivity contribution in [3.63, 3.8) is 0 Å². The number of nitrogens with zero attached hydrogens (tertiary/aromatic N) is 2. The van der Waals surface area contributed by atoms with E-state index in [-0.39, 0.29) is 5.91 Å². The smallest absolute Gasteiger partial charge is 0.238 e. The Balaban J connectivity index is 1.82. The molecule has 0 aliphatic carbocycles. The number of nitrogens with one attached hydrogen (secondary N) is 1. The third-order valence-corrected chi connectivity index (χ3v) is 4.18. The van der Waals surface area contributed by atoms with Crippen LogP contribution in [0.25, 0.3) is 0 Å². The van der Waals surface area contributed by atoms with Gasteiger partial charge in [-0.25, -0.2) is 0 Å². The molecule has 2 rings (SSSR count). The van der Waals surface area contributed by atoms with E-state index in [9.17, 15) is 4.79 Å². The molecule has 1 heterocycles. The van der Waals surface area contributed by atoms with Gasteiger partial charge in [-0.15, -0.1) is 11.3 Å². The minimum atomic E-state index is -0.0465. The summed E-state index contributed by atoms with van der Waals surface area (Å²) in [5.74, 6) is -0.0465. The molecule has 0 aliphatic rings. The predicted octanol–water partition coefficient (Wildman–Crippen LogP) is 3.39. The maximum Gasteiger partial charge on any atom is 0.238 e. The van der Waals surface area contributed by atoms with Gasteiger partial charge >= 0.3 is 0 Å². The van der Waals surface area contributed by atoms with Gasteiger partial charge in [-0.2, -0.15) is 5.26 Å². The molecule has 1 aromatic heterocycles. The molecule has 0 spiro atoms. The first-order chi connectivity index (χ1) is 10.2. The van der Waals surface area contributed by atoms with Crippen molar-refractivity contribution >= 4 is 34.7 Å². The molecule has 108 valence electrons. The molecule has 1 aromatic carbocycles. The second-order valence-corrected chi connectivity index (χ2v) is 6.41. The number of thiocyanates is 1. The number of anilines is 1. The Labute approximate surface area is 132 Å². The second-order valence-electron chi connectivity index (χ2n) is 4.52. The number of thioether (sulfide) groups is 1. The predicted molar refractivity (Wildman–Crippen MR) is 87.2 cm³/mol. The number of thiophene rings is 1. The van der Waals surface area contributed by atoms with E-state index < -0.39 is 0 Å². The minimum absolute atomic E-state index is 0.0465. The van der Waals surface area contributed by atoms with Crippen LogP contribution in [0.5, 0.6) is 0 Å². The first-order valence-corrected chi connectivity index (χ1v) is 8.04. The zero-order chi connectivity index (χ0) is 15.1. The summed E-state index contributed by atoms with van der Waals surface area (Å²) in [7, 11) is 1.92.